The van der Waals surface area contributed by atoms with Crippen molar-refractivity contribution in [3.8, 4) is 0 Å². The highest BCUT2D eigenvalue weighted by molar-refractivity contribution is 4.77. The van der Waals surface area contributed by atoms with E-state index in [1.165, 1.54) is 25.7 Å². The average molecular weight is 205 g/mol. The summed E-state index contributed by atoms with van der Waals surface area (Å²) >= 11 is 0. The van der Waals surface area contributed by atoms with Gasteiger partial charge in [-0.15, -0.1) is 0 Å². The van der Waals surface area contributed by atoms with Gasteiger partial charge in [0.15, 0.2) is 0 Å². The van der Waals surface area contributed by atoms with E-state index in [2.05, 4.69) is 12.2 Å². The number of hydrogen-bond donors (Lipinski definition) is 1. The molecular formula is C11H21F2N. The Bertz CT molecular complexity index is 142. The number of rotatable bonds is 5. The Morgan fingerprint density at radius 2 is 1.86 bits per heavy atom. The molecule has 0 aromatic carbocycles. The highest BCUT2D eigenvalue weighted by Crippen LogP contribution is 2.27. The molecule has 0 atom stereocenters. The molecule has 1 fully saturated rings. The molecule has 0 aromatic rings. The van der Waals surface area contributed by atoms with E-state index < -0.39 is 6.43 Å². The van der Waals surface area contributed by atoms with Crippen LogP contribution in [-0.2, 0) is 0 Å². The number of nitrogens with one attached hydrogen (secondary N) is 1. The summed E-state index contributed by atoms with van der Waals surface area (Å²) in [5.41, 5.74) is 0. The van der Waals surface area contributed by atoms with Gasteiger partial charge in [-0.3, -0.25) is 0 Å². The molecule has 0 saturated heterocycles. The first kappa shape index (κ1) is 11.9. The van der Waals surface area contributed by atoms with Crippen LogP contribution < -0.4 is 5.32 Å². The Labute approximate surface area is 85.3 Å². The van der Waals surface area contributed by atoms with Gasteiger partial charge >= 0.3 is 0 Å². The molecule has 0 heterocycles. The topological polar surface area (TPSA) is 12.0 Å². The van der Waals surface area contributed by atoms with Crippen molar-refractivity contribution in [2.45, 2.75) is 57.9 Å². The zero-order chi connectivity index (χ0) is 10.4. The molecule has 0 radical (unpaired) electrons. The van der Waals surface area contributed by atoms with Gasteiger partial charge in [-0.2, -0.15) is 0 Å². The zero-order valence-electron chi connectivity index (χ0n) is 8.94. The van der Waals surface area contributed by atoms with E-state index in [0.717, 1.165) is 18.8 Å². The summed E-state index contributed by atoms with van der Waals surface area (Å²) in [4.78, 5) is 0. The summed E-state index contributed by atoms with van der Waals surface area (Å²) in [7, 11) is 0. The fourth-order valence-corrected chi connectivity index (χ4v) is 2.32. The summed E-state index contributed by atoms with van der Waals surface area (Å²) in [6, 6.07) is 0.345. The van der Waals surface area contributed by atoms with Gasteiger partial charge < -0.3 is 5.32 Å². The molecule has 3 heteroatoms. The van der Waals surface area contributed by atoms with Crippen molar-refractivity contribution in [1.82, 2.24) is 5.32 Å². The standard InChI is InChI=1S/C11H21F2N/c1-2-3-9-4-6-10(7-5-9)14-8-11(12)13/h9-11,14H,2-8H2,1H3. The maximum Gasteiger partial charge on any atom is 0.250 e. The van der Waals surface area contributed by atoms with Crippen LogP contribution in [0.3, 0.4) is 0 Å². The largest absolute Gasteiger partial charge is 0.309 e. The van der Waals surface area contributed by atoms with Crippen LogP contribution in [0.1, 0.15) is 45.4 Å². The predicted molar refractivity (Wildman–Crippen MR) is 54.7 cm³/mol. The molecular weight excluding hydrogens is 184 g/mol. The van der Waals surface area contributed by atoms with E-state index in [1.54, 1.807) is 0 Å². The lowest BCUT2D eigenvalue weighted by atomic mass is 9.83. The summed E-state index contributed by atoms with van der Waals surface area (Å²) in [5, 5.41) is 2.93. The van der Waals surface area contributed by atoms with Crippen LogP contribution in [0.5, 0.6) is 0 Å². The van der Waals surface area contributed by atoms with Gasteiger partial charge in [0.25, 0.3) is 6.43 Å². The molecule has 1 nitrogen and oxygen atoms in total. The highest BCUT2D eigenvalue weighted by atomic mass is 19.3. The number of halogens is 2. The third-order valence-electron chi connectivity index (χ3n) is 3.10. The molecule has 1 aliphatic rings. The number of hydrogen-bond acceptors (Lipinski definition) is 1. The minimum absolute atomic E-state index is 0.136. The van der Waals surface area contributed by atoms with Gasteiger partial charge in [-0.1, -0.05) is 19.8 Å². The number of alkyl halides is 2. The lowest BCUT2D eigenvalue weighted by Gasteiger charge is -2.28. The maximum absolute atomic E-state index is 11.9. The Balaban J connectivity index is 2.09. The molecule has 1 rings (SSSR count). The van der Waals surface area contributed by atoms with E-state index in [1.807, 2.05) is 0 Å². The monoisotopic (exact) mass is 205 g/mol. The normalized spacial score (nSPS) is 28.3. The van der Waals surface area contributed by atoms with E-state index >= 15 is 0 Å². The summed E-state index contributed by atoms with van der Waals surface area (Å²) in [6.07, 6.45) is 4.95. The quantitative estimate of drug-likeness (QED) is 0.726. The first-order valence-electron chi connectivity index (χ1n) is 5.74. The van der Waals surface area contributed by atoms with Crippen molar-refractivity contribution in [2.24, 2.45) is 5.92 Å². The molecule has 1 aliphatic carbocycles. The molecule has 0 unspecified atom stereocenters. The van der Waals surface area contributed by atoms with Gasteiger partial charge in [0, 0.05) is 6.04 Å². The highest BCUT2D eigenvalue weighted by Gasteiger charge is 2.20. The molecule has 0 amide bonds. The van der Waals surface area contributed by atoms with Gasteiger partial charge in [0.1, 0.15) is 0 Å². The second-order valence-corrected chi connectivity index (χ2v) is 4.31. The molecule has 0 aliphatic heterocycles. The van der Waals surface area contributed by atoms with Crippen LogP contribution in [0, 0.1) is 5.92 Å². The summed E-state index contributed by atoms with van der Waals surface area (Å²) in [6.45, 7) is 2.07. The lowest BCUT2D eigenvalue weighted by Crippen LogP contribution is -2.36. The van der Waals surface area contributed by atoms with Crippen molar-refractivity contribution in [2.75, 3.05) is 6.54 Å². The molecule has 14 heavy (non-hydrogen) atoms. The first-order chi connectivity index (χ1) is 6.72. The van der Waals surface area contributed by atoms with Crippen LogP contribution in [0.4, 0.5) is 8.78 Å². The van der Waals surface area contributed by atoms with Gasteiger partial charge in [0.2, 0.25) is 0 Å². The van der Waals surface area contributed by atoms with E-state index in [9.17, 15) is 8.78 Å². The van der Waals surface area contributed by atoms with Crippen molar-refractivity contribution < 1.29 is 8.78 Å². The molecule has 1 saturated carbocycles. The fraction of sp³-hybridized carbons (Fsp3) is 1.00. The molecule has 0 spiro atoms. The van der Waals surface area contributed by atoms with Crippen molar-refractivity contribution in [3.05, 3.63) is 0 Å². The first-order valence-corrected chi connectivity index (χ1v) is 5.74. The van der Waals surface area contributed by atoms with Crippen LogP contribution in [0.25, 0.3) is 0 Å². The van der Waals surface area contributed by atoms with E-state index in [4.69, 9.17) is 0 Å². The molecule has 0 bridgehead atoms. The fourth-order valence-electron chi connectivity index (χ4n) is 2.32. The Hall–Kier alpha value is -0.180. The van der Waals surface area contributed by atoms with Crippen molar-refractivity contribution >= 4 is 0 Å². The second-order valence-electron chi connectivity index (χ2n) is 4.31. The molecule has 0 aromatic heterocycles. The third kappa shape index (κ3) is 4.36. The Morgan fingerprint density at radius 3 is 2.36 bits per heavy atom. The Morgan fingerprint density at radius 1 is 1.21 bits per heavy atom. The zero-order valence-corrected chi connectivity index (χ0v) is 8.94. The van der Waals surface area contributed by atoms with Gasteiger partial charge in [0.05, 0.1) is 6.54 Å². The lowest BCUT2D eigenvalue weighted by molar-refractivity contribution is 0.135. The van der Waals surface area contributed by atoms with Crippen LogP contribution >= 0.6 is 0 Å². The van der Waals surface area contributed by atoms with E-state index in [-0.39, 0.29) is 6.54 Å². The molecule has 84 valence electrons. The second kappa shape index (κ2) is 6.33. The minimum Gasteiger partial charge on any atom is -0.309 e. The predicted octanol–water partition coefficient (Wildman–Crippen LogP) is 3.20. The summed E-state index contributed by atoms with van der Waals surface area (Å²) in [5.74, 6) is 0.851. The van der Waals surface area contributed by atoms with Crippen LogP contribution in [0.2, 0.25) is 0 Å². The smallest absolute Gasteiger partial charge is 0.250 e. The Kier molecular flexibility index (Phi) is 5.38. The van der Waals surface area contributed by atoms with Gasteiger partial charge in [-0.25, -0.2) is 8.78 Å². The van der Waals surface area contributed by atoms with E-state index in [0.29, 0.717) is 6.04 Å². The maximum atomic E-state index is 11.9. The van der Waals surface area contributed by atoms with Gasteiger partial charge in [-0.05, 0) is 31.6 Å². The third-order valence-corrected chi connectivity index (χ3v) is 3.10. The molecule has 1 N–H and O–H groups in total. The SMILES string of the molecule is CCCC1CCC(NCC(F)F)CC1. The van der Waals surface area contributed by atoms with Crippen molar-refractivity contribution in [1.29, 1.82) is 0 Å². The van der Waals surface area contributed by atoms with Crippen molar-refractivity contribution in [3.63, 3.8) is 0 Å². The van der Waals surface area contributed by atoms with Crippen LogP contribution in [-0.4, -0.2) is 19.0 Å². The minimum atomic E-state index is -2.21. The van der Waals surface area contributed by atoms with Crippen LogP contribution in [0.15, 0.2) is 0 Å². The summed E-state index contributed by atoms with van der Waals surface area (Å²) < 4.78 is 23.8. The average Bonchev–Trinajstić information content (AvgIpc) is 2.17.